The van der Waals surface area contributed by atoms with Crippen LogP contribution in [0, 0.1) is 20.8 Å². The second kappa shape index (κ2) is 854. The molecule has 0 aliphatic carbocycles. The van der Waals surface area contributed by atoms with Crippen molar-refractivity contribution in [2.45, 2.75) is 20.8 Å². The van der Waals surface area contributed by atoms with Crippen molar-refractivity contribution in [3.63, 3.8) is 0 Å². The third-order valence-electron chi connectivity index (χ3n) is 0. The van der Waals surface area contributed by atoms with E-state index in [-0.39, 0.29) is 97.4 Å². The van der Waals surface area contributed by atoms with E-state index in [9.17, 15) is 13.2 Å². The molecule has 134 valence electrons. The number of aliphatic hydroxyl groups is 1. The average Bonchev–Trinajstić information content (AvgIpc) is 2.41. The van der Waals surface area contributed by atoms with E-state index in [2.05, 4.69) is 58.0 Å². The van der Waals surface area contributed by atoms with Crippen LogP contribution in [-0.2, 0) is 75.0 Å². The molecule has 0 unspecified atom stereocenters. The first-order valence-corrected chi connectivity index (χ1v) is 9.98. The van der Waals surface area contributed by atoms with Crippen molar-refractivity contribution in [3.8, 4) is 0 Å². The quantitative estimate of drug-likeness (QED) is 0.159. The molecule has 0 saturated carbocycles. The largest absolute Gasteiger partial charge is 1.00 e. The van der Waals surface area contributed by atoms with Gasteiger partial charge in [0.15, 0.2) is 6.86 Å². The molecule has 3 nitrogen and oxygen atoms in total. The maximum absolute atomic E-state index is 9.85. The normalized spacial score (nSPS) is 2.96. The van der Waals surface area contributed by atoms with Gasteiger partial charge in [-0.25, -0.2) is 4.39 Å². The van der Waals surface area contributed by atoms with Gasteiger partial charge >= 0.3 is 0 Å². The number of carbonyl (C=O) groups excluding carboxylic acids is 2. The number of hydrogen-bond donors (Lipinski definition) is 1. The Hall–Kier alpha value is 0.488. The van der Waals surface area contributed by atoms with Crippen LogP contribution in [0.25, 0.3) is 0 Å². The van der Waals surface area contributed by atoms with Crippen LogP contribution in [-0.4, -0.2) is 25.0 Å². The summed E-state index contributed by atoms with van der Waals surface area (Å²) < 4.78 is 28.9. The minimum Gasteiger partial charge on any atom is -1.00 e. The van der Waals surface area contributed by atoms with Crippen molar-refractivity contribution in [1.82, 2.24) is 0 Å². The van der Waals surface area contributed by atoms with Crippen LogP contribution in [0.3, 0.4) is 0 Å². The van der Waals surface area contributed by atoms with Gasteiger partial charge in [-0.1, -0.05) is 6.54 Å². The van der Waals surface area contributed by atoms with E-state index < -0.39 is 13.4 Å². The van der Waals surface area contributed by atoms with Crippen LogP contribution >= 0.6 is 61.2 Å². The predicted molar refractivity (Wildman–Crippen MR) is 101 cm³/mol. The molecule has 0 aliphatic heterocycles. The van der Waals surface area contributed by atoms with Crippen molar-refractivity contribution < 1.29 is 94.7 Å². The summed E-state index contributed by atoms with van der Waals surface area (Å²) in [7, 11) is 0. The zero-order chi connectivity index (χ0) is 16.1. The Kier molecular flexibility index (Phi) is 4010. The van der Waals surface area contributed by atoms with Crippen LogP contribution in [0.2, 0.25) is 0 Å². The number of alkyl halides is 1. The molecule has 0 saturated heterocycles. The Balaban J connectivity index is -0.00000000390. The molecule has 1 N–H and O–H groups in total. The van der Waals surface area contributed by atoms with E-state index in [1.807, 2.05) is 0 Å². The van der Waals surface area contributed by atoms with Gasteiger partial charge in [0.25, 0.3) is 6.54 Å². The second-order valence-electron chi connectivity index (χ2n) is 0.286. The molecule has 0 fully saturated rings. The summed E-state index contributed by atoms with van der Waals surface area (Å²) in [6.07, 6.45) is 0. The van der Waals surface area contributed by atoms with E-state index >= 15 is 0 Å². The Morgan fingerprint density at radius 3 is 1.04 bits per heavy atom. The number of hydrogen-bond acceptors (Lipinski definition) is 3. The van der Waals surface area contributed by atoms with Gasteiger partial charge in [0.05, 0.1) is 0 Å². The first-order valence-electron chi connectivity index (χ1n) is 3.69. The smallest absolute Gasteiger partial charge is 0.289 e. The third kappa shape index (κ3) is 39700. The zero-order valence-corrected chi connectivity index (χ0v) is 45.3. The molecule has 0 amide bonds. The molecule has 0 heterocycles. The third-order valence-corrected chi connectivity index (χ3v) is 0. The van der Waals surface area contributed by atoms with Crippen LogP contribution in [0.5, 0.6) is 0 Å². The molecule has 0 rings (SSSR count). The molecule has 0 aromatic heterocycles. The van der Waals surface area contributed by atoms with Gasteiger partial charge in [0.1, 0.15) is 0 Å². The number of aliphatic hydroxyl groups excluding tert-OH is 1. The summed E-state index contributed by atoms with van der Waals surface area (Å²) >= 11 is 4.24. The first kappa shape index (κ1) is 108. The predicted octanol–water partition coefficient (Wildman–Crippen LogP) is 5.09. The fraction of sp³-hybridized carbons (Fsp3) is 0.444. The molecular formula is C9H21F3I3O3Rf3Y2-5. The molecule has 0 spiro atoms. The van der Waals surface area contributed by atoms with Crippen molar-refractivity contribution in [1.29, 1.82) is 0 Å². The maximum atomic E-state index is 9.85. The van der Waals surface area contributed by atoms with E-state index in [0.29, 0.717) is 0 Å². The van der Waals surface area contributed by atoms with Crippen LogP contribution in [0.15, 0.2) is 0 Å². The van der Waals surface area contributed by atoms with Crippen LogP contribution in [0.4, 0.5) is 13.2 Å². The van der Waals surface area contributed by atoms with Gasteiger partial charge in [0, 0.05) is 103 Å². The maximum Gasteiger partial charge on any atom is 0.289 e. The minimum atomic E-state index is -1.25. The summed E-state index contributed by atoms with van der Waals surface area (Å²) in [5, 5.41) is 6.90. The van der Waals surface area contributed by atoms with Gasteiger partial charge in [-0.2, -0.15) is 25.2 Å². The summed E-state index contributed by atoms with van der Waals surface area (Å²) in [6.45, 7) is 13.0. The summed E-state index contributed by atoms with van der Waals surface area (Å²) in [6, 6.07) is 0. The molecule has 0 aliphatic rings. The van der Waals surface area contributed by atoms with Crippen molar-refractivity contribution in [3.05, 3.63) is 20.8 Å². The van der Waals surface area contributed by atoms with Gasteiger partial charge in [-0.3, -0.25) is 4.79 Å². The Morgan fingerprint density at radius 1 is 1.04 bits per heavy atom. The van der Waals surface area contributed by atoms with E-state index in [1.165, 1.54) is 0 Å². The first-order chi connectivity index (χ1) is 8.24. The zero-order valence-electron chi connectivity index (χ0n) is 14.7. The van der Waals surface area contributed by atoms with E-state index in [0.717, 1.165) is 0 Å². The summed E-state index contributed by atoms with van der Waals surface area (Å²) in [4.78, 5) is 16.2. The molecule has 23 heavy (non-hydrogen) atoms. The summed E-state index contributed by atoms with van der Waals surface area (Å²) in [5.41, 5.74) is 0. The van der Waals surface area contributed by atoms with Gasteiger partial charge in [0.2, 0.25) is 0 Å². The Morgan fingerprint density at radius 2 is 1.04 bits per heavy atom. The van der Waals surface area contributed by atoms with Crippen LogP contribution in [0.1, 0.15) is 22.2 Å². The average molecular weight is 1590 g/mol. The molecule has 0 aromatic carbocycles. The molecular weight excluding hydrogens is 1570 g/mol. The molecule has 0 bridgehead atoms. The number of carbonyl (C=O) groups is 1. The molecule has 0 aromatic rings. The standard InChI is InChI=1S/3C2H5.CH3FO.CHFO.CFO.I2.HI.3Rf.2Y.H/c3*1-2;3*2-1-3;1-2;;;;;;;/h3*1H2,2H3;3H,1H2;1H;;;1H;;;;;;/q3*-1;;;-1;;;;;;;;-1. The van der Waals surface area contributed by atoms with Gasteiger partial charge < -0.3 is 36.5 Å². The number of rotatable bonds is 0. The summed E-state index contributed by atoms with van der Waals surface area (Å²) in [5.74, 6) is 0. The van der Waals surface area contributed by atoms with E-state index in [4.69, 9.17) is 14.7 Å². The molecule has 0 atom stereocenters. The van der Waals surface area contributed by atoms with Crippen LogP contribution < -0.4 is 0 Å². The molecule has 14 heteroatoms. The van der Waals surface area contributed by atoms with Crippen molar-refractivity contribution in [2.24, 2.45) is 0 Å². The van der Waals surface area contributed by atoms with Crippen molar-refractivity contribution >= 4 is 74.3 Å². The fourth-order valence-corrected chi connectivity index (χ4v) is 0. The van der Waals surface area contributed by atoms with Gasteiger partial charge in [-0.15, -0.1) is 24.0 Å². The number of halogens is 6. The topological polar surface area (TPSA) is 54.4 Å². The minimum absolute atomic E-state index is 0. The van der Waals surface area contributed by atoms with Gasteiger partial charge in [-0.05, 0) is 0 Å². The SMILES string of the molecule is I.II.O=CF.O=[C-]F.OCF.[CH2-]C.[CH2-]C.[CH2-]C.[H-].[Rf].[Rf].[Rf].[Y].[Y]. The monoisotopic (exact) mass is 1590 g/mol. The fourth-order valence-electron chi connectivity index (χ4n) is 0. The second-order valence-corrected chi connectivity index (χ2v) is 0.286. The Bertz CT molecular complexity index is 89.8. The van der Waals surface area contributed by atoms with Crippen molar-refractivity contribution in [2.75, 3.05) is 6.86 Å². The molecule has 2 radical (unpaired) electrons. The van der Waals surface area contributed by atoms with E-state index in [1.54, 1.807) is 20.8 Å². The Labute approximate surface area is 213 Å².